The van der Waals surface area contributed by atoms with E-state index >= 15 is 0 Å². The molecular formula is C7H6F2N2O. The molecule has 0 aliphatic heterocycles. The highest BCUT2D eigenvalue weighted by atomic mass is 19.3. The lowest BCUT2D eigenvalue weighted by molar-refractivity contribution is 0.112. The monoisotopic (exact) mass is 172 g/mol. The zero-order valence-electron chi connectivity index (χ0n) is 6.00. The molecule has 0 saturated carbocycles. The molecule has 0 saturated heterocycles. The summed E-state index contributed by atoms with van der Waals surface area (Å²) in [6, 6.07) is 0.979. The molecule has 3 nitrogen and oxygen atoms in total. The minimum Gasteiger partial charge on any atom is -0.397 e. The van der Waals surface area contributed by atoms with Crippen molar-refractivity contribution in [2.45, 2.75) is 6.43 Å². The number of nitrogens with two attached hydrogens (primary N) is 1. The number of hydrogen-bond donors (Lipinski definition) is 1. The van der Waals surface area contributed by atoms with Crippen LogP contribution in [-0.4, -0.2) is 11.3 Å². The Kier molecular flexibility index (Phi) is 2.32. The molecule has 0 unspecified atom stereocenters. The van der Waals surface area contributed by atoms with E-state index in [0.717, 1.165) is 12.3 Å². The van der Waals surface area contributed by atoms with Gasteiger partial charge in [-0.1, -0.05) is 0 Å². The number of hydrogen-bond acceptors (Lipinski definition) is 3. The second-order valence-corrected chi connectivity index (χ2v) is 2.16. The van der Waals surface area contributed by atoms with Crippen molar-refractivity contribution in [3.63, 3.8) is 0 Å². The summed E-state index contributed by atoms with van der Waals surface area (Å²) < 4.78 is 24.0. The van der Waals surface area contributed by atoms with E-state index in [9.17, 15) is 13.6 Å². The standard InChI is InChI=1S/C7H6F2N2O/c8-7(9)6-1-4(3-12)5(10)2-11-6/h1-3,7H,10H2. The Hall–Kier alpha value is -1.52. The zero-order chi connectivity index (χ0) is 9.14. The number of anilines is 1. The lowest BCUT2D eigenvalue weighted by Crippen LogP contribution is -1.98. The van der Waals surface area contributed by atoms with Crippen LogP contribution in [0.4, 0.5) is 14.5 Å². The fourth-order valence-corrected chi connectivity index (χ4v) is 0.720. The molecule has 0 spiro atoms. The zero-order valence-corrected chi connectivity index (χ0v) is 6.00. The highest BCUT2D eigenvalue weighted by molar-refractivity contribution is 5.82. The van der Waals surface area contributed by atoms with Crippen molar-refractivity contribution in [1.82, 2.24) is 4.98 Å². The summed E-state index contributed by atoms with van der Waals surface area (Å²) in [6.07, 6.45) is -1.21. The Labute approximate surface area is 67.2 Å². The lowest BCUT2D eigenvalue weighted by Gasteiger charge is -2.00. The summed E-state index contributed by atoms with van der Waals surface area (Å²) in [4.78, 5) is 13.6. The minimum absolute atomic E-state index is 0.0419. The van der Waals surface area contributed by atoms with E-state index < -0.39 is 12.1 Å². The quantitative estimate of drug-likeness (QED) is 0.686. The highest BCUT2D eigenvalue weighted by Crippen LogP contribution is 2.18. The largest absolute Gasteiger partial charge is 0.397 e. The van der Waals surface area contributed by atoms with Gasteiger partial charge in [0.1, 0.15) is 5.69 Å². The van der Waals surface area contributed by atoms with Gasteiger partial charge >= 0.3 is 0 Å². The maximum Gasteiger partial charge on any atom is 0.280 e. The molecule has 0 atom stereocenters. The van der Waals surface area contributed by atoms with Crippen molar-refractivity contribution in [3.05, 3.63) is 23.5 Å². The van der Waals surface area contributed by atoms with Crippen molar-refractivity contribution >= 4 is 12.0 Å². The fourth-order valence-electron chi connectivity index (χ4n) is 0.720. The van der Waals surface area contributed by atoms with Gasteiger partial charge in [-0.25, -0.2) is 8.78 Å². The number of halogens is 2. The second-order valence-electron chi connectivity index (χ2n) is 2.16. The molecule has 12 heavy (non-hydrogen) atoms. The predicted octanol–water partition coefficient (Wildman–Crippen LogP) is 1.41. The molecule has 1 aromatic rings. The number of carbonyl (C=O) groups excluding carboxylic acids is 1. The molecular weight excluding hydrogens is 166 g/mol. The van der Waals surface area contributed by atoms with Crippen molar-refractivity contribution in [2.75, 3.05) is 5.73 Å². The summed E-state index contributed by atoms with van der Waals surface area (Å²) >= 11 is 0. The molecule has 0 amide bonds. The number of rotatable bonds is 2. The van der Waals surface area contributed by atoms with Crippen molar-refractivity contribution in [3.8, 4) is 0 Å². The molecule has 1 heterocycles. The Morgan fingerprint density at radius 2 is 2.25 bits per heavy atom. The van der Waals surface area contributed by atoms with E-state index in [2.05, 4.69) is 4.98 Å². The number of aromatic nitrogens is 1. The first-order valence-electron chi connectivity index (χ1n) is 3.14. The molecule has 0 radical (unpaired) electrons. The molecule has 0 bridgehead atoms. The Bertz CT molecular complexity index is 301. The summed E-state index contributed by atoms with van der Waals surface area (Å²) in [5, 5.41) is 0. The summed E-state index contributed by atoms with van der Waals surface area (Å²) in [5.41, 5.74) is 4.97. The van der Waals surface area contributed by atoms with E-state index in [1.807, 2.05) is 0 Å². The second kappa shape index (κ2) is 3.25. The topological polar surface area (TPSA) is 56.0 Å². The van der Waals surface area contributed by atoms with Crippen LogP contribution in [0, 0.1) is 0 Å². The van der Waals surface area contributed by atoms with Gasteiger partial charge in [0.15, 0.2) is 6.29 Å². The number of nitrogen functional groups attached to an aromatic ring is 1. The van der Waals surface area contributed by atoms with Gasteiger partial charge in [0.05, 0.1) is 11.9 Å². The molecule has 0 aromatic carbocycles. The Morgan fingerprint density at radius 3 is 2.75 bits per heavy atom. The van der Waals surface area contributed by atoms with Gasteiger partial charge in [-0.3, -0.25) is 9.78 Å². The van der Waals surface area contributed by atoms with E-state index in [1.165, 1.54) is 0 Å². The molecule has 0 aliphatic carbocycles. The molecule has 0 aliphatic rings. The number of aldehydes is 1. The first-order chi connectivity index (χ1) is 5.65. The van der Waals surface area contributed by atoms with Crippen LogP contribution in [0.15, 0.2) is 12.3 Å². The van der Waals surface area contributed by atoms with E-state index in [0.29, 0.717) is 6.29 Å². The SMILES string of the molecule is Nc1cnc(C(F)F)cc1C=O. The normalized spacial score (nSPS) is 10.2. The van der Waals surface area contributed by atoms with Crippen molar-refractivity contribution in [1.29, 1.82) is 0 Å². The number of alkyl halides is 2. The molecule has 0 fully saturated rings. The van der Waals surface area contributed by atoms with Gasteiger partial charge in [0, 0.05) is 5.56 Å². The summed E-state index contributed by atoms with van der Waals surface area (Å²) in [7, 11) is 0. The van der Waals surface area contributed by atoms with Crippen LogP contribution in [0.25, 0.3) is 0 Å². The van der Waals surface area contributed by atoms with Crippen LogP contribution < -0.4 is 5.73 Å². The van der Waals surface area contributed by atoms with Gasteiger partial charge in [-0.05, 0) is 6.07 Å². The van der Waals surface area contributed by atoms with Crippen LogP contribution in [0.2, 0.25) is 0 Å². The molecule has 5 heteroatoms. The third-order valence-electron chi connectivity index (χ3n) is 1.34. The lowest BCUT2D eigenvalue weighted by atomic mass is 10.2. The Morgan fingerprint density at radius 1 is 1.58 bits per heavy atom. The number of pyridine rings is 1. The third-order valence-corrected chi connectivity index (χ3v) is 1.34. The molecule has 1 rings (SSSR count). The van der Waals surface area contributed by atoms with Gasteiger partial charge in [-0.15, -0.1) is 0 Å². The maximum atomic E-state index is 12.0. The summed E-state index contributed by atoms with van der Waals surface area (Å²) in [6.45, 7) is 0. The molecule has 2 N–H and O–H groups in total. The molecule has 1 aromatic heterocycles. The number of carbonyl (C=O) groups is 1. The highest BCUT2D eigenvalue weighted by Gasteiger charge is 2.10. The smallest absolute Gasteiger partial charge is 0.280 e. The van der Waals surface area contributed by atoms with E-state index in [4.69, 9.17) is 5.73 Å². The van der Waals surface area contributed by atoms with E-state index in [1.54, 1.807) is 0 Å². The van der Waals surface area contributed by atoms with Gasteiger partial charge < -0.3 is 5.73 Å². The third kappa shape index (κ3) is 1.55. The van der Waals surface area contributed by atoms with Gasteiger partial charge in [0.2, 0.25) is 0 Å². The number of nitrogens with zero attached hydrogens (tertiary/aromatic N) is 1. The van der Waals surface area contributed by atoms with Gasteiger partial charge in [-0.2, -0.15) is 0 Å². The Balaban J connectivity index is 3.13. The van der Waals surface area contributed by atoms with Crippen LogP contribution >= 0.6 is 0 Å². The average molecular weight is 172 g/mol. The van der Waals surface area contributed by atoms with Crippen LogP contribution in [0.5, 0.6) is 0 Å². The maximum absolute atomic E-state index is 12.0. The predicted molar refractivity (Wildman–Crippen MR) is 39.0 cm³/mol. The van der Waals surface area contributed by atoms with E-state index in [-0.39, 0.29) is 11.3 Å². The van der Waals surface area contributed by atoms with Crippen LogP contribution in [-0.2, 0) is 0 Å². The minimum atomic E-state index is -2.68. The van der Waals surface area contributed by atoms with Crippen LogP contribution in [0.1, 0.15) is 22.5 Å². The first kappa shape index (κ1) is 8.58. The van der Waals surface area contributed by atoms with Crippen molar-refractivity contribution in [2.24, 2.45) is 0 Å². The average Bonchev–Trinajstić information content (AvgIpc) is 2.05. The van der Waals surface area contributed by atoms with Crippen LogP contribution in [0.3, 0.4) is 0 Å². The molecule has 64 valence electrons. The van der Waals surface area contributed by atoms with Gasteiger partial charge in [0.25, 0.3) is 6.43 Å². The van der Waals surface area contributed by atoms with Crippen molar-refractivity contribution < 1.29 is 13.6 Å². The first-order valence-corrected chi connectivity index (χ1v) is 3.14. The fraction of sp³-hybridized carbons (Fsp3) is 0.143. The summed E-state index contributed by atoms with van der Waals surface area (Å²) in [5.74, 6) is 0.